The summed E-state index contributed by atoms with van der Waals surface area (Å²) in [5.74, 6) is -2.77. The van der Waals surface area contributed by atoms with Gasteiger partial charge in [-0.1, -0.05) is 12.1 Å². The quantitative estimate of drug-likeness (QED) is 0.655. The Bertz CT molecular complexity index is 1250. The lowest BCUT2D eigenvalue weighted by Gasteiger charge is -2.35. The average molecular weight is 494 g/mol. The summed E-state index contributed by atoms with van der Waals surface area (Å²) in [6, 6.07) is 8.94. The number of hydrogen-bond donors (Lipinski definition) is 2. The Hall–Kier alpha value is -3.54. The van der Waals surface area contributed by atoms with Crippen LogP contribution in [0.25, 0.3) is 11.1 Å². The van der Waals surface area contributed by atoms with E-state index in [0.29, 0.717) is 54.7 Å². The Morgan fingerprint density at radius 1 is 1.17 bits per heavy atom. The highest BCUT2D eigenvalue weighted by molar-refractivity contribution is 6.02. The summed E-state index contributed by atoms with van der Waals surface area (Å²) < 4.78 is 28.1. The molecule has 6 rings (SSSR count). The summed E-state index contributed by atoms with van der Waals surface area (Å²) in [4.78, 5) is 32.1. The minimum Gasteiger partial charge on any atom is -0.369 e. The molecule has 0 spiro atoms. The number of nitrogens with one attached hydrogen (secondary N) is 1. The fourth-order valence-corrected chi connectivity index (χ4v) is 6.09. The van der Waals surface area contributed by atoms with Crippen LogP contribution >= 0.6 is 0 Å². The van der Waals surface area contributed by atoms with E-state index in [1.54, 1.807) is 35.4 Å². The molecule has 4 fully saturated rings. The Kier molecular flexibility index (Phi) is 5.93. The first kappa shape index (κ1) is 24.2. The molecule has 1 saturated heterocycles. The van der Waals surface area contributed by atoms with Crippen LogP contribution in [0, 0.1) is 29.6 Å². The SMILES string of the molecule is Cc1c(-c2ccc(C#N)cc2)cnc(N2CCCC(F)(F)CC2)c1C(=O)NC1CC2(C(N)=O)CC1C2. The Labute approximate surface area is 208 Å². The third-order valence-electron chi connectivity index (χ3n) is 8.21. The molecule has 1 unspecified atom stereocenters. The van der Waals surface area contributed by atoms with Crippen molar-refractivity contribution in [2.45, 2.75) is 57.4 Å². The maximum Gasteiger partial charge on any atom is 0.255 e. The van der Waals surface area contributed by atoms with Crippen molar-refractivity contribution in [2.75, 3.05) is 18.0 Å². The van der Waals surface area contributed by atoms with E-state index in [2.05, 4.69) is 16.4 Å². The number of halogens is 2. The highest BCUT2D eigenvalue weighted by Gasteiger charge is 2.59. The first-order valence-corrected chi connectivity index (χ1v) is 12.4. The van der Waals surface area contributed by atoms with E-state index < -0.39 is 11.3 Å². The number of fused-ring (bicyclic) bond motifs is 1. The van der Waals surface area contributed by atoms with Gasteiger partial charge in [-0.25, -0.2) is 13.8 Å². The molecule has 188 valence electrons. The standard InChI is InChI=1S/C27H29F2N5O2/c1-16-20(18-5-3-17(14-30)4-6-18)15-32-23(34-9-2-7-27(28,29)8-10-34)22(16)24(35)33-21-13-26(25(31)36)11-19(21)12-26/h3-6,15,19,21H,2,7-13H2,1H3,(H2,31,36)(H,33,35). The minimum atomic E-state index is -2.73. The van der Waals surface area contributed by atoms with Crippen molar-refractivity contribution >= 4 is 17.6 Å². The van der Waals surface area contributed by atoms with Crippen LogP contribution in [0.1, 0.15) is 60.0 Å². The molecule has 4 aliphatic rings. The van der Waals surface area contributed by atoms with E-state index in [1.165, 1.54) is 0 Å². The maximum atomic E-state index is 14.1. The average Bonchev–Trinajstić information content (AvgIpc) is 3.30. The fraction of sp³-hybridized carbons (Fsp3) is 0.481. The van der Waals surface area contributed by atoms with Crippen LogP contribution in [0.4, 0.5) is 14.6 Å². The molecule has 1 aliphatic heterocycles. The van der Waals surface area contributed by atoms with E-state index in [-0.39, 0.29) is 43.2 Å². The number of nitrogens with zero attached hydrogens (tertiary/aromatic N) is 3. The molecule has 2 heterocycles. The van der Waals surface area contributed by atoms with Crippen molar-refractivity contribution in [2.24, 2.45) is 17.1 Å². The molecule has 3 N–H and O–H groups in total. The molecule has 1 atom stereocenters. The normalized spacial score (nSPS) is 26.4. The molecule has 2 aromatic rings. The van der Waals surface area contributed by atoms with Gasteiger partial charge in [0.05, 0.1) is 22.6 Å². The van der Waals surface area contributed by atoms with E-state index >= 15 is 0 Å². The van der Waals surface area contributed by atoms with Crippen molar-refractivity contribution in [3.63, 3.8) is 0 Å². The molecule has 7 nitrogen and oxygen atoms in total. The van der Waals surface area contributed by atoms with Gasteiger partial charge in [0.2, 0.25) is 11.8 Å². The highest BCUT2D eigenvalue weighted by Crippen LogP contribution is 2.58. The lowest BCUT2D eigenvalue weighted by molar-refractivity contribution is -0.131. The number of rotatable bonds is 5. The second-order valence-electron chi connectivity index (χ2n) is 10.5. The van der Waals surface area contributed by atoms with E-state index in [0.717, 1.165) is 11.1 Å². The highest BCUT2D eigenvalue weighted by atomic mass is 19.3. The number of amides is 2. The number of alkyl halides is 2. The monoisotopic (exact) mass is 493 g/mol. The third kappa shape index (κ3) is 4.19. The van der Waals surface area contributed by atoms with Gasteiger partial charge in [-0.05, 0) is 61.8 Å². The second-order valence-corrected chi connectivity index (χ2v) is 10.5. The minimum absolute atomic E-state index is 0.104. The second kappa shape index (κ2) is 8.84. The topological polar surface area (TPSA) is 112 Å². The number of benzene rings is 1. The van der Waals surface area contributed by atoms with Crippen molar-refractivity contribution in [3.05, 3.63) is 47.2 Å². The predicted octanol–water partition coefficient (Wildman–Crippen LogP) is 3.94. The molecule has 1 aromatic carbocycles. The summed E-state index contributed by atoms with van der Waals surface area (Å²) in [6.07, 6.45) is 3.38. The smallest absolute Gasteiger partial charge is 0.255 e. The number of aromatic nitrogens is 1. The molecular formula is C27H29F2N5O2. The summed E-state index contributed by atoms with van der Waals surface area (Å²) in [6.45, 7) is 2.32. The van der Waals surface area contributed by atoms with Crippen LogP contribution in [-0.4, -0.2) is 41.9 Å². The number of nitriles is 1. The van der Waals surface area contributed by atoms with Crippen molar-refractivity contribution in [1.29, 1.82) is 5.26 Å². The Morgan fingerprint density at radius 2 is 1.89 bits per heavy atom. The van der Waals surface area contributed by atoms with E-state index in [9.17, 15) is 18.4 Å². The van der Waals surface area contributed by atoms with Gasteiger partial charge in [0, 0.05) is 43.7 Å². The maximum absolute atomic E-state index is 14.1. The van der Waals surface area contributed by atoms with Gasteiger partial charge in [0.25, 0.3) is 5.91 Å². The van der Waals surface area contributed by atoms with Crippen LogP contribution in [-0.2, 0) is 4.79 Å². The zero-order valence-electron chi connectivity index (χ0n) is 20.2. The van der Waals surface area contributed by atoms with Gasteiger partial charge in [0.1, 0.15) is 5.82 Å². The molecule has 3 aliphatic carbocycles. The summed E-state index contributed by atoms with van der Waals surface area (Å²) in [5, 5.41) is 12.2. The van der Waals surface area contributed by atoms with Gasteiger partial charge in [-0.3, -0.25) is 9.59 Å². The molecule has 2 amide bonds. The molecule has 2 bridgehead atoms. The number of pyridine rings is 1. The number of primary amides is 1. The summed E-state index contributed by atoms with van der Waals surface area (Å²) in [7, 11) is 0. The van der Waals surface area contributed by atoms with Crippen molar-refractivity contribution in [1.82, 2.24) is 10.3 Å². The van der Waals surface area contributed by atoms with Crippen LogP contribution in [0.5, 0.6) is 0 Å². The van der Waals surface area contributed by atoms with Gasteiger partial charge in [-0.15, -0.1) is 0 Å². The zero-order valence-corrected chi connectivity index (χ0v) is 20.2. The summed E-state index contributed by atoms with van der Waals surface area (Å²) in [5.41, 5.74) is 8.19. The van der Waals surface area contributed by atoms with E-state index in [4.69, 9.17) is 11.0 Å². The number of carbonyl (C=O) groups is 2. The Morgan fingerprint density at radius 3 is 2.53 bits per heavy atom. The molecule has 36 heavy (non-hydrogen) atoms. The number of hydrogen-bond acceptors (Lipinski definition) is 5. The van der Waals surface area contributed by atoms with E-state index in [1.807, 2.05) is 6.92 Å². The molecule has 1 aromatic heterocycles. The van der Waals surface area contributed by atoms with Crippen molar-refractivity contribution < 1.29 is 18.4 Å². The van der Waals surface area contributed by atoms with Gasteiger partial charge in [-0.2, -0.15) is 5.26 Å². The van der Waals surface area contributed by atoms with Crippen LogP contribution < -0.4 is 16.0 Å². The lowest BCUT2D eigenvalue weighted by atomic mass is 9.69. The molecule has 0 radical (unpaired) electrons. The third-order valence-corrected chi connectivity index (χ3v) is 8.21. The number of nitrogens with two attached hydrogens (primary N) is 1. The fourth-order valence-electron chi connectivity index (χ4n) is 6.09. The van der Waals surface area contributed by atoms with Gasteiger partial charge >= 0.3 is 0 Å². The van der Waals surface area contributed by atoms with Gasteiger partial charge < -0.3 is 16.0 Å². The lowest BCUT2D eigenvalue weighted by Crippen LogP contribution is -2.42. The predicted molar refractivity (Wildman–Crippen MR) is 130 cm³/mol. The first-order chi connectivity index (χ1) is 17.1. The number of carbonyl (C=O) groups excluding carboxylic acids is 2. The largest absolute Gasteiger partial charge is 0.369 e. The van der Waals surface area contributed by atoms with Gasteiger partial charge in [0.15, 0.2) is 0 Å². The molecular weight excluding hydrogens is 464 g/mol. The number of anilines is 1. The van der Waals surface area contributed by atoms with Crippen molar-refractivity contribution in [3.8, 4) is 17.2 Å². The van der Waals surface area contributed by atoms with Crippen LogP contribution in [0.2, 0.25) is 0 Å². The van der Waals surface area contributed by atoms with Crippen LogP contribution in [0.3, 0.4) is 0 Å². The Balaban J connectivity index is 1.50. The summed E-state index contributed by atoms with van der Waals surface area (Å²) >= 11 is 0. The first-order valence-electron chi connectivity index (χ1n) is 12.4. The molecule has 3 saturated carbocycles. The molecule has 9 heteroatoms. The van der Waals surface area contributed by atoms with Crippen LogP contribution in [0.15, 0.2) is 30.5 Å². The zero-order chi connectivity index (χ0) is 25.7.